The Morgan fingerprint density at radius 2 is 1.60 bits per heavy atom. The summed E-state index contributed by atoms with van der Waals surface area (Å²) in [6, 6.07) is 27.1. The molecule has 0 N–H and O–H groups in total. The first kappa shape index (κ1) is 27.7. The summed E-state index contributed by atoms with van der Waals surface area (Å²) >= 11 is 0. The molecule has 2 aromatic heterocycles. The number of halogens is 1. The van der Waals surface area contributed by atoms with Crippen LogP contribution in [0.3, 0.4) is 0 Å². The van der Waals surface area contributed by atoms with E-state index in [0.717, 1.165) is 11.1 Å². The lowest BCUT2D eigenvalue weighted by Gasteiger charge is -2.16. The van der Waals surface area contributed by atoms with Gasteiger partial charge in [-0.15, -0.1) is 0 Å². The van der Waals surface area contributed by atoms with Gasteiger partial charge in [-0.1, -0.05) is 67.6 Å². The molecule has 0 fully saturated rings. The Bertz CT molecular complexity index is 2060. The van der Waals surface area contributed by atoms with E-state index < -0.39 is 11.8 Å². The Morgan fingerprint density at radius 3 is 2.26 bits per heavy atom. The van der Waals surface area contributed by atoms with Crippen LogP contribution < -0.4 is 10.3 Å². The van der Waals surface area contributed by atoms with Crippen molar-refractivity contribution in [3.63, 3.8) is 0 Å². The highest BCUT2D eigenvalue weighted by Gasteiger charge is 2.21. The van der Waals surface area contributed by atoms with Crippen molar-refractivity contribution in [1.82, 2.24) is 14.5 Å². The molecule has 0 spiro atoms. The molecule has 2 heterocycles. The van der Waals surface area contributed by atoms with Gasteiger partial charge in [0, 0.05) is 35.5 Å². The molecule has 0 radical (unpaired) electrons. The molecular formula is C35H27FN4O3. The largest absolute Gasteiger partial charge is 0.424 e. The van der Waals surface area contributed by atoms with Crippen molar-refractivity contribution < 1.29 is 13.9 Å². The number of pyridine rings is 1. The van der Waals surface area contributed by atoms with Crippen LogP contribution in [-0.4, -0.2) is 26.2 Å². The van der Waals surface area contributed by atoms with Crippen LogP contribution in [0, 0.1) is 12.7 Å². The van der Waals surface area contributed by atoms with Crippen molar-refractivity contribution in [3.8, 4) is 16.9 Å². The summed E-state index contributed by atoms with van der Waals surface area (Å²) in [5.41, 5.74) is 4.87. The molecule has 0 amide bonds. The van der Waals surface area contributed by atoms with Gasteiger partial charge in [0.1, 0.15) is 16.9 Å². The van der Waals surface area contributed by atoms with Crippen LogP contribution in [-0.2, 0) is 11.8 Å². The van der Waals surface area contributed by atoms with Crippen LogP contribution in [0.25, 0.3) is 33.1 Å². The molecule has 0 saturated heterocycles. The third-order valence-electron chi connectivity index (χ3n) is 7.37. The van der Waals surface area contributed by atoms with Crippen molar-refractivity contribution in [2.45, 2.75) is 20.3 Å². The van der Waals surface area contributed by atoms with Crippen molar-refractivity contribution in [2.75, 3.05) is 0 Å². The molecule has 6 rings (SSSR count). The van der Waals surface area contributed by atoms with Gasteiger partial charge < -0.3 is 9.30 Å². The van der Waals surface area contributed by atoms with Gasteiger partial charge in [-0.3, -0.25) is 9.59 Å². The average Bonchev–Trinajstić information content (AvgIpc) is 3.04. The topological polar surface area (TPSA) is 86.4 Å². The predicted molar refractivity (Wildman–Crippen MR) is 167 cm³/mol. The second kappa shape index (κ2) is 11.4. The smallest absolute Gasteiger partial charge is 0.310 e. The summed E-state index contributed by atoms with van der Waals surface area (Å²) < 4.78 is 21.4. The van der Waals surface area contributed by atoms with Crippen molar-refractivity contribution in [3.05, 3.63) is 130 Å². The number of nitrogens with zero attached hydrogens (tertiary/aromatic N) is 4. The molecule has 6 aromatic rings. The van der Waals surface area contributed by atoms with E-state index >= 15 is 0 Å². The Hall–Kier alpha value is -5.50. The molecule has 0 aliphatic carbocycles. The fourth-order valence-electron chi connectivity index (χ4n) is 5.19. The van der Waals surface area contributed by atoms with Gasteiger partial charge in [0.15, 0.2) is 11.6 Å². The second-order valence-corrected chi connectivity index (χ2v) is 10.1. The minimum Gasteiger partial charge on any atom is -0.424 e. The number of aliphatic imine (C=N–C) groups is 1. The second-order valence-electron chi connectivity index (χ2n) is 10.1. The minimum atomic E-state index is -0.429. The Kier molecular flexibility index (Phi) is 7.34. The Balaban J connectivity index is 1.64. The van der Waals surface area contributed by atoms with E-state index in [0.29, 0.717) is 50.2 Å². The highest BCUT2D eigenvalue weighted by atomic mass is 19.1. The summed E-state index contributed by atoms with van der Waals surface area (Å²) in [6.07, 6.45) is 1.69. The number of aromatic nitrogens is 3. The summed E-state index contributed by atoms with van der Waals surface area (Å²) in [7, 11) is 1.65. The van der Waals surface area contributed by atoms with Gasteiger partial charge in [-0.25, -0.2) is 19.4 Å². The zero-order valence-corrected chi connectivity index (χ0v) is 23.8. The van der Waals surface area contributed by atoms with Crippen LogP contribution in [0.15, 0.2) is 107 Å². The highest BCUT2D eigenvalue weighted by Crippen LogP contribution is 2.35. The first-order chi connectivity index (χ1) is 20.9. The number of ether oxygens (including phenoxy) is 1. The maximum Gasteiger partial charge on any atom is 0.310 e. The van der Waals surface area contributed by atoms with Crippen LogP contribution in [0.2, 0.25) is 0 Å². The summed E-state index contributed by atoms with van der Waals surface area (Å²) in [6.45, 7) is 3.49. The van der Waals surface area contributed by atoms with Crippen LogP contribution >= 0.6 is 0 Å². The number of benzene rings is 4. The lowest BCUT2D eigenvalue weighted by Crippen LogP contribution is -2.21. The van der Waals surface area contributed by atoms with Crippen molar-refractivity contribution >= 4 is 39.4 Å². The molecule has 0 aliphatic heterocycles. The highest BCUT2D eigenvalue weighted by molar-refractivity contribution is 6.14. The standard InChI is InChI=1S/C35H27FN4O3/c1-4-30(41)43-28-18-16-25(31-21(2)26-19-24(36)15-17-27(26)40(3)35(31)42)33-34(28)37-20-29(39-33)38-32(22-11-7-5-8-12-22)23-13-9-6-10-14-23/h5-20H,4H2,1-3H3. The predicted octanol–water partition coefficient (Wildman–Crippen LogP) is 7.08. The minimum absolute atomic E-state index is 0.173. The number of rotatable bonds is 6. The number of hydrogen-bond donors (Lipinski definition) is 0. The van der Waals surface area contributed by atoms with E-state index in [2.05, 4.69) is 4.98 Å². The van der Waals surface area contributed by atoms with Crippen LogP contribution in [0.1, 0.15) is 30.0 Å². The van der Waals surface area contributed by atoms with E-state index in [1.807, 2.05) is 60.7 Å². The fourth-order valence-corrected chi connectivity index (χ4v) is 5.19. The SMILES string of the molecule is CCC(=O)Oc1ccc(-c2c(C)c3cc(F)ccc3n(C)c2=O)c2nc(N=C(c3ccccc3)c3ccccc3)cnc12. The summed E-state index contributed by atoms with van der Waals surface area (Å²) in [5, 5.41) is 0.601. The molecule has 212 valence electrons. The van der Waals surface area contributed by atoms with Gasteiger partial charge in [-0.05, 0) is 42.8 Å². The average molecular weight is 571 g/mol. The van der Waals surface area contributed by atoms with Gasteiger partial charge in [0.2, 0.25) is 0 Å². The van der Waals surface area contributed by atoms with E-state index in [1.165, 1.54) is 22.9 Å². The molecule has 7 nitrogen and oxygen atoms in total. The fraction of sp³-hybridized carbons (Fsp3) is 0.114. The van der Waals surface area contributed by atoms with Gasteiger partial charge in [0.25, 0.3) is 5.56 Å². The third-order valence-corrected chi connectivity index (χ3v) is 7.37. The molecule has 0 atom stereocenters. The molecule has 0 saturated carbocycles. The van der Waals surface area contributed by atoms with E-state index in [1.54, 1.807) is 39.1 Å². The monoisotopic (exact) mass is 570 g/mol. The van der Waals surface area contributed by atoms with Crippen LogP contribution in [0.4, 0.5) is 10.2 Å². The van der Waals surface area contributed by atoms with E-state index in [-0.39, 0.29) is 17.7 Å². The molecule has 8 heteroatoms. The van der Waals surface area contributed by atoms with E-state index in [4.69, 9.17) is 14.7 Å². The maximum absolute atomic E-state index is 14.3. The third kappa shape index (κ3) is 5.19. The summed E-state index contributed by atoms with van der Waals surface area (Å²) in [5.74, 6) is -0.308. The van der Waals surface area contributed by atoms with Gasteiger partial charge in [-0.2, -0.15) is 0 Å². The number of hydrogen-bond acceptors (Lipinski definition) is 6. The zero-order chi connectivity index (χ0) is 30.1. The van der Waals surface area contributed by atoms with Gasteiger partial charge in [0.05, 0.1) is 23.0 Å². The number of aryl methyl sites for hydroxylation is 2. The lowest BCUT2D eigenvalue weighted by atomic mass is 9.96. The number of carbonyl (C=O) groups excluding carboxylic acids is 1. The molecule has 4 aromatic carbocycles. The quantitative estimate of drug-likeness (QED) is 0.121. The molecule has 0 aliphatic rings. The zero-order valence-electron chi connectivity index (χ0n) is 23.8. The molecule has 0 unspecified atom stereocenters. The Morgan fingerprint density at radius 1 is 0.930 bits per heavy atom. The lowest BCUT2D eigenvalue weighted by molar-refractivity contribution is -0.133. The molecule has 43 heavy (non-hydrogen) atoms. The molecule has 0 bridgehead atoms. The maximum atomic E-state index is 14.3. The number of carbonyl (C=O) groups is 1. The summed E-state index contributed by atoms with van der Waals surface area (Å²) in [4.78, 5) is 40.5. The first-order valence-electron chi connectivity index (χ1n) is 13.8. The Labute approximate surface area is 247 Å². The van der Waals surface area contributed by atoms with Gasteiger partial charge >= 0.3 is 5.97 Å². The van der Waals surface area contributed by atoms with Crippen LogP contribution in [0.5, 0.6) is 5.75 Å². The van der Waals surface area contributed by atoms with E-state index in [9.17, 15) is 14.0 Å². The normalized spacial score (nSPS) is 11.1. The number of esters is 1. The first-order valence-corrected chi connectivity index (χ1v) is 13.8. The van der Waals surface area contributed by atoms with Crippen molar-refractivity contribution in [1.29, 1.82) is 0 Å². The number of fused-ring (bicyclic) bond motifs is 2. The molecular weight excluding hydrogens is 543 g/mol. The van der Waals surface area contributed by atoms with Crippen molar-refractivity contribution in [2.24, 2.45) is 12.0 Å².